The van der Waals surface area contributed by atoms with Crippen LogP contribution in [0.15, 0.2) is 28.8 Å². The van der Waals surface area contributed by atoms with Crippen LogP contribution in [0.3, 0.4) is 0 Å². The summed E-state index contributed by atoms with van der Waals surface area (Å²) < 4.78 is 5.30. The molecule has 0 amide bonds. The van der Waals surface area contributed by atoms with Gasteiger partial charge in [0.1, 0.15) is 0 Å². The fraction of sp³-hybridized carbons (Fsp3) is 0.500. The van der Waals surface area contributed by atoms with E-state index in [1.807, 2.05) is 0 Å². The zero-order valence-electron chi connectivity index (χ0n) is 12.1. The predicted octanol–water partition coefficient (Wildman–Crippen LogP) is 3.15. The van der Waals surface area contributed by atoms with Gasteiger partial charge < -0.3 is 9.84 Å². The topological polar surface area (TPSA) is 51.0 Å². The van der Waals surface area contributed by atoms with Crippen LogP contribution in [0.4, 0.5) is 0 Å². The highest BCUT2D eigenvalue weighted by atomic mass is 16.5. The second-order valence-corrected chi connectivity index (χ2v) is 5.77. The van der Waals surface area contributed by atoms with Gasteiger partial charge in [-0.2, -0.15) is 4.98 Å². The van der Waals surface area contributed by atoms with Crippen molar-refractivity contribution < 1.29 is 4.52 Å². The molecule has 0 spiro atoms. The van der Waals surface area contributed by atoms with Gasteiger partial charge in [0, 0.05) is 24.6 Å². The second-order valence-electron chi connectivity index (χ2n) is 5.77. The molecule has 0 aliphatic heterocycles. The summed E-state index contributed by atoms with van der Waals surface area (Å²) in [5.74, 6) is 1.93. The first-order chi connectivity index (χ1) is 9.72. The molecule has 1 aliphatic carbocycles. The number of hydrogen-bond acceptors (Lipinski definition) is 4. The number of nitrogens with zero attached hydrogens (tertiary/aromatic N) is 2. The van der Waals surface area contributed by atoms with Crippen molar-refractivity contribution in [3.8, 4) is 11.4 Å². The van der Waals surface area contributed by atoms with E-state index in [0.29, 0.717) is 17.6 Å². The largest absolute Gasteiger partial charge is 0.339 e. The molecule has 0 saturated heterocycles. The van der Waals surface area contributed by atoms with E-state index in [9.17, 15) is 0 Å². The Morgan fingerprint density at radius 3 is 2.65 bits per heavy atom. The molecule has 3 rings (SSSR count). The number of nitrogens with one attached hydrogen (secondary N) is 1. The molecule has 1 N–H and O–H groups in total. The number of hydrogen-bond donors (Lipinski definition) is 1. The lowest BCUT2D eigenvalue weighted by molar-refractivity contribution is 0.376. The average Bonchev–Trinajstić information content (AvgIpc) is 3.15. The lowest BCUT2D eigenvalue weighted by Gasteiger charge is -2.04. The van der Waals surface area contributed by atoms with Crippen molar-refractivity contribution in [2.75, 3.05) is 6.54 Å². The Labute approximate surface area is 119 Å². The summed E-state index contributed by atoms with van der Waals surface area (Å²) >= 11 is 0. The van der Waals surface area contributed by atoms with Crippen LogP contribution < -0.4 is 5.32 Å². The summed E-state index contributed by atoms with van der Waals surface area (Å²) in [6.07, 6.45) is 3.40. The molecular formula is C16H21N3O. The Kier molecular flexibility index (Phi) is 3.83. The molecule has 2 aromatic rings. The first-order valence-corrected chi connectivity index (χ1v) is 7.38. The normalized spacial score (nSPS) is 14.9. The Morgan fingerprint density at radius 2 is 2.00 bits per heavy atom. The number of rotatable bonds is 6. The summed E-state index contributed by atoms with van der Waals surface area (Å²) in [5, 5.41) is 7.51. The van der Waals surface area contributed by atoms with Crippen molar-refractivity contribution in [2.45, 2.75) is 45.1 Å². The predicted molar refractivity (Wildman–Crippen MR) is 78.6 cm³/mol. The Hall–Kier alpha value is -1.68. The monoisotopic (exact) mass is 271 g/mol. The van der Waals surface area contributed by atoms with E-state index in [1.54, 1.807) is 0 Å². The Morgan fingerprint density at radius 1 is 1.25 bits per heavy atom. The van der Waals surface area contributed by atoms with Gasteiger partial charge in [-0.25, -0.2) is 0 Å². The maximum atomic E-state index is 5.30. The highest BCUT2D eigenvalue weighted by Crippen LogP contribution is 2.21. The highest BCUT2D eigenvalue weighted by Gasteiger charge is 2.20. The minimum atomic E-state index is 0.540. The van der Waals surface area contributed by atoms with Crippen molar-refractivity contribution in [2.24, 2.45) is 0 Å². The SMILES string of the molecule is CC(C)c1ccc(-c2noc(CCNC3CC3)n2)cc1. The van der Waals surface area contributed by atoms with E-state index in [1.165, 1.54) is 18.4 Å². The molecule has 4 nitrogen and oxygen atoms in total. The summed E-state index contributed by atoms with van der Waals surface area (Å²) in [6, 6.07) is 9.11. The van der Waals surface area contributed by atoms with Crippen molar-refractivity contribution in [1.82, 2.24) is 15.5 Å². The van der Waals surface area contributed by atoms with Gasteiger partial charge in [0.25, 0.3) is 0 Å². The molecular weight excluding hydrogens is 250 g/mol. The Bertz CT molecular complexity index is 555. The lowest BCUT2D eigenvalue weighted by Crippen LogP contribution is -2.19. The smallest absolute Gasteiger partial charge is 0.228 e. The third-order valence-corrected chi connectivity index (χ3v) is 3.65. The third kappa shape index (κ3) is 3.25. The lowest BCUT2D eigenvalue weighted by atomic mass is 10.0. The molecule has 0 unspecified atom stereocenters. The standard InChI is InChI=1S/C16H21N3O/c1-11(2)12-3-5-13(6-4-12)16-18-15(20-19-16)9-10-17-14-7-8-14/h3-6,11,14,17H,7-10H2,1-2H3. The average molecular weight is 271 g/mol. The summed E-state index contributed by atoms with van der Waals surface area (Å²) in [4.78, 5) is 4.45. The molecule has 1 heterocycles. The Balaban J connectivity index is 1.62. The van der Waals surface area contributed by atoms with Crippen LogP contribution >= 0.6 is 0 Å². The maximum absolute atomic E-state index is 5.30. The van der Waals surface area contributed by atoms with Gasteiger partial charge in [-0.1, -0.05) is 43.3 Å². The van der Waals surface area contributed by atoms with Crippen LogP contribution in [0.5, 0.6) is 0 Å². The van der Waals surface area contributed by atoms with Crippen LogP contribution in [0.25, 0.3) is 11.4 Å². The molecule has 0 atom stereocenters. The van der Waals surface area contributed by atoms with Crippen molar-refractivity contribution in [3.63, 3.8) is 0 Å². The fourth-order valence-electron chi connectivity index (χ4n) is 2.16. The zero-order valence-corrected chi connectivity index (χ0v) is 12.1. The van der Waals surface area contributed by atoms with Gasteiger partial charge in [-0.3, -0.25) is 0 Å². The van der Waals surface area contributed by atoms with Crippen LogP contribution in [-0.4, -0.2) is 22.7 Å². The molecule has 1 saturated carbocycles. The third-order valence-electron chi connectivity index (χ3n) is 3.65. The van der Waals surface area contributed by atoms with Crippen LogP contribution in [-0.2, 0) is 6.42 Å². The molecule has 1 aromatic carbocycles. The van der Waals surface area contributed by atoms with Gasteiger partial charge in [0.2, 0.25) is 11.7 Å². The van der Waals surface area contributed by atoms with Crippen LogP contribution in [0.2, 0.25) is 0 Å². The fourth-order valence-corrected chi connectivity index (χ4v) is 2.16. The van der Waals surface area contributed by atoms with Gasteiger partial charge in [-0.05, 0) is 24.3 Å². The van der Waals surface area contributed by atoms with Crippen molar-refractivity contribution >= 4 is 0 Å². The second kappa shape index (κ2) is 5.75. The number of benzene rings is 1. The van der Waals surface area contributed by atoms with Crippen molar-refractivity contribution in [1.29, 1.82) is 0 Å². The molecule has 4 heteroatoms. The molecule has 0 bridgehead atoms. The molecule has 0 radical (unpaired) electrons. The summed E-state index contributed by atoms with van der Waals surface area (Å²) in [7, 11) is 0. The molecule has 106 valence electrons. The summed E-state index contributed by atoms with van der Waals surface area (Å²) in [6.45, 7) is 5.29. The van der Waals surface area contributed by atoms with E-state index in [0.717, 1.165) is 24.6 Å². The van der Waals surface area contributed by atoms with E-state index >= 15 is 0 Å². The molecule has 1 aromatic heterocycles. The van der Waals surface area contributed by atoms with E-state index in [4.69, 9.17) is 4.52 Å². The van der Waals surface area contributed by atoms with Crippen molar-refractivity contribution in [3.05, 3.63) is 35.7 Å². The van der Waals surface area contributed by atoms with E-state index < -0.39 is 0 Å². The minimum Gasteiger partial charge on any atom is -0.339 e. The molecule has 20 heavy (non-hydrogen) atoms. The molecule has 1 aliphatic rings. The quantitative estimate of drug-likeness (QED) is 0.877. The van der Waals surface area contributed by atoms with Gasteiger partial charge in [0.05, 0.1) is 0 Å². The van der Waals surface area contributed by atoms with Crippen LogP contribution in [0, 0.1) is 0 Å². The first kappa shape index (κ1) is 13.3. The van der Waals surface area contributed by atoms with Gasteiger partial charge in [0.15, 0.2) is 0 Å². The van der Waals surface area contributed by atoms with Gasteiger partial charge >= 0.3 is 0 Å². The minimum absolute atomic E-state index is 0.540. The first-order valence-electron chi connectivity index (χ1n) is 7.38. The summed E-state index contributed by atoms with van der Waals surface area (Å²) in [5.41, 5.74) is 2.34. The maximum Gasteiger partial charge on any atom is 0.228 e. The highest BCUT2D eigenvalue weighted by molar-refractivity contribution is 5.54. The number of aromatic nitrogens is 2. The molecule has 1 fully saturated rings. The zero-order chi connectivity index (χ0) is 13.9. The van der Waals surface area contributed by atoms with E-state index in [2.05, 4.69) is 53.6 Å². The van der Waals surface area contributed by atoms with Gasteiger partial charge in [-0.15, -0.1) is 0 Å². The van der Waals surface area contributed by atoms with E-state index in [-0.39, 0.29) is 0 Å². The van der Waals surface area contributed by atoms with Crippen LogP contribution in [0.1, 0.15) is 44.1 Å².